The molecule has 2 amide bonds. The van der Waals surface area contributed by atoms with Crippen LogP contribution in [0.15, 0.2) is 23.0 Å². The van der Waals surface area contributed by atoms with Crippen LogP contribution in [0.3, 0.4) is 0 Å². The molecule has 5 rings (SSSR count). The molecule has 8 heteroatoms. The van der Waals surface area contributed by atoms with Gasteiger partial charge < -0.3 is 5.32 Å². The first-order valence-corrected chi connectivity index (χ1v) is 11.0. The summed E-state index contributed by atoms with van der Waals surface area (Å²) in [5.41, 5.74) is 2.67. The standard InChI is InChI=1S/C22H29N5O3/c1-25-20-15(11-14-12-16(13-14)26-9-7-23-8-10-26)3-2-4-17(20)27(22(25)30)18-5-6-19(28)24-21(18)29/h2-4,14,16,18,23H,5-13H2,1H3,(H,24,28,29)/t14-,16-,18?. The van der Waals surface area contributed by atoms with E-state index in [1.807, 2.05) is 12.1 Å². The van der Waals surface area contributed by atoms with Crippen molar-refractivity contribution in [2.75, 3.05) is 26.2 Å². The number of nitrogens with one attached hydrogen (secondary N) is 2. The van der Waals surface area contributed by atoms with Gasteiger partial charge in [-0.2, -0.15) is 0 Å². The van der Waals surface area contributed by atoms with Crippen molar-refractivity contribution >= 4 is 22.8 Å². The quantitative estimate of drug-likeness (QED) is 0.717. The van der Waals surface area contributed by atoms with E-state index in [0.717, 1.165) is 43.6 Å². The number of benzene rings is 1. The molecule has 3 aliphatic rings. The molecule has 2 aromatic rings. The topological polar surface area (TPSA) is 88.4 Å². The van der Waals surface area contributed by atoms with Crippen molar-refractivity contribution in [2.24, 2.45) is 13.0 Å². The first-order chi connectivity index (χ1) is 14.5. The average Bonchev–Trinajstić information content (AvgIpc) is 2.97. The number of carbonyl (C=O) groups excluding carboxylic acids is 2. The number of para-hydroxylation sites is 1. The Morgan fingerprint density at radius 3 is 2.60 bits per heavy atom. The van der Waals surface area contributed by atoms with E-state index in [4.69, 9.17) is 0 Å². The summed E-state index contributed by atoms with van der Waals surface area (Å²) >= 11 is 0. The van der Waals surface area contributed by atoms with Crippen LogP contribution in [0.2, 0.25) is 0 Å². The van der Waals surface area contributed by atoms with Crippen LogP contribution in [0.5, 0.6) is 0 Å². The second kappa shape index (κ2) is 7.67. The molecule has 30 heavy (non-hydrogen) atoms. The molecule has 0 radical (unpaired) electrons. The third-order valence-corrected chi connectivity index (χ3v) is 7.10. The fourth-order valence-corrected chi connectivity index (χ4v) is 5.44. The third kappa shape index (κ3) is 3.28. The number of carbonyl (C=O) groups is 2. The number of hydrogen-bond donors (Lipinski definition) is 2. The van der Waals surface area contributed by atoms with Crippen molar-refractivity contribution in [1.82, 2.24) is 24.7 Å². The highest BCUT2D eigenvalue weighted by Gasteiger charge is 2.35. The van der Waals surface area contributed by atoms with E-state index in [2.05, 4.69) is 21.6 Å². The van der Waals surface area contributed by atoms with E-state index in [0.29, 0.717) is 18.4 Å². The lowest BCUT2D eigenvalue weighted by atomic mass is 9.75. The molecular formula is C22H29N5O3. The van der Waals surface area contributed by atoms with Crippen molar-refractivity contribution in [3.63, 3.8) is 0 Å². The molecule has 1 saturated carbocycles. The minimum Gasteiger partial charge on any atom is -0.314 e. The van der Waals surface area contributed by atoms with Gasteiger partial charge in [0, 0.05) is 45.7 Å². The zero-order chi connectivity index (χ0) is 20.8. The number of amides is 2. The van der Waals surface area contributed by atoms with Gasteiger partial charge >= 0.3 is 5.69 Å². The lowest BCUT2D eigenvalue weighted by Crippen LogP contribution is -2.53. The Bertz CT molecular complexity index is 1040. The Morgan fingerprint density at radius 1 is 1.10 bits per heavy atom. The largest absolute Gasteiger partial charge is 0.329 e. The maximum Gasteiger partial charge on any atom is 0.329 e. The monoisotopic (exact) mass is 411 g/mol. The van der Waals surface area contributed by atoms with Gasteiger partial charge in [0.25, 0.3) is 0 Å². The van der Waals surface area contributed by atoms with E-state index in [1.54, 1.807) is 16.2 Å². The zero-order valence-electron chi connectivity index (χ0n) is 17.4. The number of aryl methyl sites for hydroxylation is 1. The Morgan fingerprint density at radius 2 is 1.87 bits per heavy atom. The maximum atomic E-state index is 13.0. The Kier molecular flexibility index (Phi) is 4.99. The van der Waals surface area contributed by atoms with Crippen LogP contribution in [-0.2, 0) is 23.1 Å². The SMILES string of the molecule is Cn1c(=O)n(C2CCC(=O)NC2=O)c2cccc(C[C@H]3C[C@H](N4CCNCC4)C3)c21. The number of fused-ring (bicyclic) bond motifs is 1. The number of piperazine rings is 1. The third-order valence-electron chi connectivity index (χ3n) is 7.10. The zero-order valence-corrected chi connectivity index (χ0v) is 17.4. The number of nitrogens with zero attached hydrogens (tertiary/aromatic N) is 3. The van der Waals surface area contributed by atoms with Gasteiger partial charge in [0.05, 0.1) is 11.0 Å². The molecule has 0 bridgehead atoms. The van der Waals surface area contributed by atoms with Gasteiger partial charge in [-0.25, -0.2) is 4.79 Å². The van der Waals surface area contributed by atoms with Crippen LogP contribution < -0.4 is 16.3 Å². The Hall–Kier alpha value is -2.45. The number of imide groups is 1. The molecule has 3 heterocycles. The molecular weight excluding hydrogens is 382 g/mol. The number of rotatable bonds is 4. The molecule has 8 nitrogen and oxygen atoms in total. The van der Waals surface area contributed by atoms with Crippen LogP contribution in [0.1, 0.15) is 37.3 Å². The molecule has 1 aromatic carbocycles. The second-order valence-corrected chi connectivity index (χ2v) is 8.94. The summed E-state index contributed by atoms with van der Waals surface area (Å²) in [6, 6.07) is 6.05. The molecule has 2 saturated heterocycles. The molecule has 2 N–H and O–H groups in total. The van der Waals surface area contributed by atoms with Gasteiger partial charge in [-0.3, -0.25) is 28.9 Å². The molecule has 0 spiro atoms. The van der Waals surface area contributed by atoms with E-state index in [1.165, 1.54) is 18.4 Å². The molecule has 160 valence electrons. The molecule has 3 fully saturated rings. The van der Waals surface area contributed by atoms with E-state index in [9.17, 15) is 14.4 Å². The minimum absolute atomic E-state index is 0.195. The first kappa shape index (κ1) is 19.5. The highest BCUT2D eigenvalue weighted by molar-refractivity contribution is 6.00. The lowest BCUT2D eigenvalue weighted by molar-refractivity contribution is -0.135. The van der Waals surface area contributed by atoms with Gasteiger partial charge in [-0.05, 0) is 43.2 Å². The molecule has 1 atom stereocenters. The summed E-state index contributed by atoms with van der Waals surface area (Å²) < 4.78 is 3.24. The summed E-state index contributed by atoms with van der Waals surface area (Å²) in [5.74, 6) is -0.0251. The van der Waals surface area contributed by atoms with Crippen molar-refractivity contribution in [2.45, 2.75) is 44.2 Å². The smallest absolute Gasteiger partial charge is 0.314 e. The van der Waals surface area contributed by atoms with Crippen LogP contribution in [0.4, 0.5) is 0 Å². The predicted molar refractivity (Wildman–Crippen MR) is 113 cm³/mol. The number of hydrogen-bond acceptors (Lipinski definition) is 5. The fraction of sp³-hybridized carbons (Fsp3) is 0.591. The summed E-state index contributed by atoms with van der Waals surface area (Å²) in [6.45, 7) is 4.43. The van der Waals surface area contributed by atoms with E-state index >= 15 is 0 Å². The Balaban J connectivity index is 1.39. The van der Waals surface area contributed by atoms with Gasteiger partial charge in [0.2, 0.25) is 11.8 Å². The van der Waals surface area contributed by atoms with Crippen molar-refractivity contribution < 1.29 is 9.59 Å². The number of aromatic nitrogens is 2. The highest BCUT2D eigenvalue weighted by atomic mass is 16.2. The average molecular weight is 412 g/mol. The van der Waals surface area contributed by atoms with Gasteiger partial charge in [-0.1, -0.05) is 12.1 Å². The van der Waals surface area contributed by atoms with Gasteiger partial charge in [-0.15, -0.1) is 0 Å². The van der Waals surface area contributed by atoms with Crippen molar-refractivity contribution in [3.05, 3.63) is 34.2 Å². The van der Waals surface area contributed by atoms with Crippen molar-refractivity contribution in [1.29, 1.82) is 0 Å². The normalized spacial score (nSPS) is 27.8. The van der Waals surface area contributed by atoms with Crippen molar-refractivity contribution in [3.8, 4) is 0 Å². The summed E-state index contributed by atoms with van der Waals surface area (Å²) in [6.07, 6.45) is 3.99. The molecule has 1 unspecified atom stereocenters. The number of imidazole rings is 1. The molecule has 1 aromatic heterocycles. The lowest BCUT2D eigenvalue weighted by Gasteiger charge is -2.44. The summed E-state index contributed by atoms with van der Waals surface area (Å²) in [4.78, 5) is 39.6. The van der Waals surface area contributed by atoms with Crippen LogP contribution in [0, 0.1) is 5.92 Å². The number of piperidine rings is 1. The van der Waals surface area contributed by atoms with Crippen LogP contribution >= 0.6 is 0 Å². The van der Waals surface area contributed by atoms with Gasteiger partial charge in [0.1, 0.15) is 6.04 Å². The molecule has 2 aliphatic heterocycles. The highest BCUT2D eigenvalue weighted by Crippen LogP contribution is 2.36. The summed E-state index contributed by atoms with van der Waals surface area (Å²) in [7, 11) is 1.78. The van der Waals surface area contributed by atoms with Crippen LogP contribution in [0.25, 0.3) is 11.0 Å². The van der Waals surface area contributed by atoms with Crippen LogP contribution in [-0.4, -0.2) is 58.1 Å². The fourth-order valence-electron chi connectivity index (χ4n) is 5.44. The first-order valence-electron chi connectivity index (χ1n) is 11.0. The Labute approximate surface area is 175 Å². The second-order valence-electron chi connectivity index (χ2n) is 8.94. The summed E-state index contributed by atoms with van der Waals surface area (Å²) in [5, 5.41) is 5.79. The van der Waals surface area contributed by atoms with Gasteiger partial charge in [0.15, 0.2) is 0 Å². The predicted octanol–water partition coefficient (Wildman–Crippen LogP) is 0.544. The minimum atomic E-state index is -0.630. The molecule has 1 aliphatic carbocycles. The van der Waals surface area contributed by atoms with E-state index in [-0.39, 0.29) is 23.9 Å². The van der Waals surface area contributed by atoms with E-state index < -0.39 is 6.04 Å². The maximum absolute atomic E-state index is 13.0.